The molecule has 1 atom stereocenters. The molecule has 0 aliphatic carbocycles. The van der Waals surface area contributed by atoms with Crippen molar-refractivity contribution in [3.8, 4) is 0 Å². The molecule has 1 aromatic carbocycles. The van der Waals surface area contributed by atoms with Crippen LogP contribution in [0.25, 0.3) is 0 Å². The zero-order valence-corrected chi connectivity index (χ0v) is 11.8. The van der Waals surface area contributed by atoms with Gasteiger partial charge in [-0.2, -0.15) is 0 Å². The molecule has 5 heteroatoms. The Morgan fingerprint density at radius 2 is 2.26 bits per heavy atom. The van der Waals surface area contributed by atoms with Crippen LogP contribution >= 0.6 is 11.6 Å². The third-order valence-corrected chi connectivity index (χ3v) is 3.84. The minimum atomic E-state index is -0.124. The van der Waals surface area contributed by atoms with Crippen molar-refractivity contribution in [3.05, 3.63) is 29.3 Å². The highest BCUT2D eigenvalue weighted by atomic mass is 35.5. The lowest BCUT2D eigenvalue weighted by molar-refractivity contribution is -0.117. The summed E-state index contributed by atoms with van der Waals surface area (Å²) in [5.74, 6) is 0.687. The average Bonchev–Trinajstić information content (AvgIpc) is 2.79. The summed E-state index contributed by atoms with van der Waals surface area (Å²) in [6.07, 6.45) is 0.500. The second-order valence-electron chi connectivity index (χ2n) is 4.81. The number of carbonyl (C=O) groups excluding carboxylic acids is 2. The quantitative estimate of drug-likeness (QED) is 0.861. The Hall–Kier alpha value is -1.55. The number of nitrogens with one attached hydrogen (secondary N) is 1. The van der Waals surface area contributed by atoms with Gasteiger partial charge in [-0.3, -0.25) is 9.59 Å². The van der Waals surface area contributed by atoms with Gasteiger partial charge in [0.1, 0.15) is 0 Å². The monoisotopic (exact) mass is 280 g/mol. The van der Waals surface area contributed by atoms with E-state index < -0.39 is 0 Å². The molecule has 1 saturated heterocycles. The van der Waals surface area contributed by atoms with Crippen molar-refractivity contribution in [3.63, 3.8) is 0 Å². The number of amides is 2. The van der Waals surface area contributed by atoms with Crippen molar-refractivity contribution < 1.29 is 9.59 Å². The predicted molar refractivity (Wildman–Crippen MR) is 75.7 cm³/mol. The lowest BCUT2D eigenvalue weighted by Gasteiger charge is -2.19. The molecule has 1 aliphatic heterocycles. The first-order chi connectivity index (χ1) is 9.06. The zero-order chi connectivity index (χ0) is 14.0. The van der Waals surface area contributed by atoms with Gasteiger partial charge in [0, 0.05) is 37.1 Å². The van der Waals surface area contributed by atoms with E-state index in [-0.39, 0.29) is 17.7 Å². The third kappa shape index (κ3) is 2.73. The number of alkyl halides is 1. The normalized spacial score (nSPS) is 18.8. The van der Waals surface area contributed by atoms with E-state index in [1.54, 1.807) is 24.1 Å². The molecule has 19 heavy (non-hydrogen) atoms. The number of anilines is 1. The molecule has 1 aromatic rings. The molecule has 1 heterocycles. The minimum Gasteiger partial charge on any atom is -0.355 e. The maximum atomic E-state index is 12.0. The molecular formula is C14H17ClN2O2. The van der Waals surface area contributed by atoms with Crippen LogP contribution in [0.2, 0.25) is 0 Å². The standard InChI is InChI=1S/C14H17ClN2O2/c1-9-5-11(14(19)16-2)3-4-12(9)17-8-10(7-15)6-13(17)18/h3-5,10H,6-8H2,1-2H3,(H,16,19). The second-order valence-corrected chi connectivity index (χ2v) is 5.12. The third-order valence-electron chi connectivity index (χ3n) is 3.40. The lowest BCUT2D eigenvalue weighted by atomic mass is 10.1. The highest BCUT2D eigenvalue weighted by Gasteiger charge is 2.30. The van der Waals surface area contributed by atoms with Crippen LogP contribution in [0.15, 0.2) is 18.2 Å². The van der Waals surface area contributed by atoms with E-state index in [1.807, 2.05) is 13.0 Å². The molecule has 0 spiro atoms. The van der Waals surface area contributed by atoms with Crippen LogP contribution in [-0.2, 0) is 4.79 Å². The molecule has 2 rings (SSSR count). The molecule has 4 nitrogen and oxygen atoms in total. The first-order valence-corrected chi connectivity index (χ1v) is 6.79. The van der Waals surface area contributed by atoms with Crippen molar-refractivity contribution in [1.82, 2.24) is 5.32 Å². The molecule has 1 fully saturated rings. The number of benzene rings is 1. The fraction of sp³-hybridized carbons (Fsp3) is 0.429. The maximum absolute atomic E-state index is 12.0. The molecule has 0 aromatic heterocycles. The van der Waals surface area contributed by atoms with E-state index in [9.17, 15) is 9.59 Å². The number of aryl methyl sites for hydroxylation is 1. The van der Waals surface area contributed by atoms with Crippen LogP contribution in [-0.4, -0.2) is 31.3 Å². The van der Waals surface area contributed by atoms with Gasteiger partial charge in [0.05, 0.1) is 0 Å². The molecule has 0 radical (unpaired) electrons. The molecule has 0 saturated carbocycles. The maximum Gasteiger partial charge on any atom is 0.251 e. The van der Waals surface area contributed by atoms with E-state index in [0.717, 1.165) is 11.3 Å². The smallest absolute Gasteiger partial charge is 0.251 e. The predicted octanol–water partition coefficient (Wildman–Crippen LogP) is 1.95. The van der Waals surface area contributed by atoms with Crippen LogP contribution in [0.3, 0.4) is 0 Å². The summed E-state index contributed by atoms with van der Waals surface area (Å²) in [7, 11) is 1.60. The van der Waals surface area contributed by atoms with Gasteiger partial charge in [-0.25, -0.2) is 0 Å². The van der Waals surface area contributed by atoms with E-state index >= 15 is 0 Å². The van der Waals surface area contributed by atoms with Gasteiger partial charge in [-0.15, -0.1) is 11.6 Å². The molecule has 2 amide bonds. The Morgan fingerprint density at radius 3 is 2.79 bits per heavy atom. The lowest BCUT2D eigenvalue weighted by Crippen LogP contribution is -2.26. The second kappa shape index (κ2) is 5.61. The van der Waals surface area contributed by atoms with E-state index in [0.29, 0.717) is 24.4 Å². The molecule has 102 valence electrons. The van der Waals surface area contributed by atoms with Crippen LogP contribution in [0, 0.1) is 12.8 Å². The minimum absolute atomic E-state index is 0.0986. The first-order valence-electron chi connectivity index (χ1n) is 6.26. The Kier molecular flexibility index (Phi) is 4.10. The Labute approximate surface area is 117 Å². The number of halogens is 1. The Balaban J connectivity index is 2.27. The fourth-order valence-electron chi connectivity index (χ4n) is 2.36. The number of nitrogens with zero attached hydrogens (tertiary/aromatic N) is 1. The first kappa shape index (κ1) is 13.9. The van der Waals surface area contributed by atoms with E-state index in [2.05, 4.69) is 5.32 Å². The summed E-state index contributed by atoms with van der Waals surface area (Å²) in [5.41, 5.74) is 2.39. The highest BCUT2D eigenvalue weighted by Crippen LogP contribution is 2.28. The average molecular weight is 281 g/mol. The van der Waals surface area contributed by atoms with E-state index in [1.165, 1.54) is 0 Å². The van der Waals surface area contributed by atoms with Crippen molar-refractivity contribution in [2.24, 2.45) is 5.92 Å². The van der Waals surface area contributed by atoms with Gasteiger partial charge in [0.15, 0.2) is 0 Å². The number of rotatable bonds is 3. The summed E-state index contributed by atoms with van der Waals surface area (Å²) < 4.78 is 0. The van der Waals surface area contributed by atoms with Crippen LogP contribution in [0.4, 0.5) is 5.69 Å². The van der Waals surface area contributed by atoms with Gasteiger partial charge in [0.25, 0.3) is 5.91 Å². The van der Waals surface area contributed by atoms with E-state index in [4.69, 9.17) is 11.6 Å². The van der Waals surface area contributed by atoms with Crippen LogP contribution in [0.5, 0.6) is 0 Å². The van der Waals surface area contributed by atoms with Crippen molar-refractivity contribution in [1.29, 1.82) is 0 Å². The topological polar surface area (TPSA) is 49.4 Å². The van der Waals surface area contributed by atoms with Crippen molar-refractivity contribution in [2.45, 2.75) is 13.3 Å². The Morgan fingerprint density at radius 1 is 1.53 bits per heavy atom. The summed E-state index contributed by atoms with van der Waals surface area (Å²) >= 11 is 5.82. The van der Waals surface area contributed by atoms with Gasteiger partial charge in [-0.1, -0.05) is 0 Å². The largest absolute Gasteiger partial charge is 0.355 e. The number of hydrogen-bond donors (Lipinski definition) is 1. The SMILES string of the molecule is CNC(=O)c1ccc(N2CC(CCl)CC2=O)c(C)c1. The summed E-state index contributed by atoms with van der Waals surface area (Å²) in [5, 5.41) is 2.59. The number of hydrogen-bond acceptors (Lipinski definition) is 2. The van der Waals surface area contributed by atoms with Gasteiger partial charge in [-0.05, 0) is 36.6 Å². The number of carbonyl (C=O) groups is 2. The van der Waals surface area contributed by atoms with Gasteiger partial charge >= 0.3 is 0 Å². The van der Waals surface area contributed by atoms with Gasteiger partial charge in [0.2, 0.25) is 5.91 Å². The fourth-order valence-corrected chi connectivity index (χ4v) is 2.57. The van der Waals surface area contributed by atoms with Crippen LogP contribution in [0.1, 0.15) is 22.3 Å². The summed E-state index contributed by atoms with van der Waals surface area (Å²) in [6, 6.07) is 5.37. The van der Waals surface area contributed by atoms with Crippen LogP contribution < -0.4 is 10.2 Å². The zero-order valence-electron chi connectivity index (χ0n) is 11.1. The van der Waals surface area contributed by atoms with Gasteiger partial charge < -0.3 is 10.2 Å². The summed E-state index contributed by atoms with van der Waals surface area (Å²) in [6.45, 7) is 2.56. The molecule has 1 aliphatic rings. The van der Waals surface area contributed by atoms with Crippen molar-refractivity contribution in [2.75, 3.05) is 24.4 Å². The Bertz CT molecular complexity index is 516. The summed E-state index contributed by atoms with van der Waals surface area (Å²) in [4.78, 5) is 25.3. The molecular weight excluding hydrogens is 264 g/mol. The molecule has 1 unspecified atom stereocenters. The molecule has 1 N–H and O–H groups in total. The van der Waals surface area contributed by atoms with Crippen molar-refractivity contribution >= 4 is 29.1 Å². The molecule has 0 bridgehead atoms. The highest BCUT2D eigenvalue weighted by molar-refractivity contribution is 6.18.